The third kappa shape index (κ3) is 9.82. The SMILES string of the molecule is C[C@@H]1CC(O/N=C(\C(=O)N[C@H]2CON(C3(C(=O)OC(C)(C)C)C[C@H](N4C(=O)c5cc6c(cc5C4=O)OC(c4ccccc4)(c4ccccc4)O6)C(=O)O3)C2=O)c2csc(NC(=O)OC(C)(C)C)n2)(C(=O)O)C[C@@H](C)O1. The van der Waals surface area contributed by atoms with Gasteiger partial charge in [0.05, 0.1) is 29.8 Å². The number of aromatic nitrogens is 1. The van der Waals surface area contributed by atoms with Crippen LogP contribution in [0.3, 0.4) is 0 Å². The smallest absolute Gasteiger partial charge is 0.413 e. The van der Waals surface area contributed by atoms with Gasteiger partial charge in [-0.3, -0.25) is 34.2 Å². The second kappa shape index (κ2) is 19.1. The molecule has 6 heterocycles. The number of hydrogen-bond donors (Lipinski definition) is 3. The summed E-state index contributed by atoms with van der Waals surface area (Å²) in [7, 11) is 0. The van der Waals surface area contributed by atoms with Gasteiger partial charge in [0, 0.05) is 29.3 Å². The summed E-state index contributed by atoms with van der Waals surface area (Å²) in [5.41, 5.74) is -6.82. The zero-order valence-corrected chi connectivity index (χ0v) is 42.6. The Balaban J connectivity index is 0.982. The molecule has 394 valence electrons. The van der Waals surface area contributed by atoms with Gasteiger partial charge in [-0.25, -0.2) is 24.2 Å². The molecule has 3 N–H and O–H groups in total. The molecule has 5 atom stereocenters. The number of benzene rings is 3. The lowest BCUT2D eigenvalue weighted by molar-refractivity contribution is -0.263. The maximum Gasteiger partial charge on any atom is 0.413 e. The normalized spacial score (nSPS) is 25.1. The van der Waals surface area contributed by atoms with Crippen LogP contribution in [0.1, 0.15) is 112 Å². The number of anilines is 1. The van der Waals surface area contributed by atoms with Crippen molar-refractivity contribution < 1.29 is 81.6 Å². The molecule has 1 unspecified atom stereocenters. The number of carbonyl (C=O) groups is 8. The molecule has 0 spiro atoms. The summed E-state index contributed by atoms with van der Waals surface area (Å²) in [4.78, 5) is 128. The molecule has 4 aromatic rings. The van der Waals surface area contributed by atoms with Crippen LogP contribution in [-0.4, -0.2) is 127 Å². The van der Waals surface area contributed by atoms with Crippen molar-refractivity contribution in [2.24, 2.45) is 5.16 Å². The highest BCUT2D eigenvalue weighted by Gasteiger charge is 2.66. The van der Waals surface area contributed by atoms with E-state index in [0.29, 0.717) is 21.1 Å². The van der Waals surface area contributed by atoms with Gasteiger partial charge in [0.1, 0.15) is 35.6 Å². The van der Waals surface area contributed by atoms with Crippen LogP contribution in [0.4, 0.5) is 9.93 Å². The van der Waals surface area contributed by atoms with Crippen LogP contribution >= 0.6 is 11.3 Å². The molecule has 23 nitrogen and oxygen atoms in total. The van der Waals surface area contributed by atoms with E-state index >= 15 is 0 Å². The van der Waals surface area contributed by atoms with Crippen LogP contribution in [0.25, 0.3) is 0 Å². The number of cyclic esters (lactones) is 1. The average Bonchev–Trinajstić information content (AvgIpc) is 4.16. The molecule has 0 radical (unpaired) electrons. The van der Waals surface area contributed by atoms with E-state index < -0.39 is 119 Å². The molecule has 5 aliphatic rings. The van der Waals surface area contributed by atoms with Gasteiger partial charge in [-0.1, -0.05) is 65.8 Å². The van der Waals surface area contributed by atoms with Crippen molar-refractivity contribution >= 4 is 69.8 Å². The van der Waals surface area contributed by atoms with Crippen LogP contribution in [-0.2, 0) is 58.4 Å². The molecule has 9 rings (SSSR count). The van der Waals surface area contributed by atoms with Crippen LogP contribution < -0.4 is 20.1 Å². The predicted octanol–water partition coefficient (Wildman–Crippen LogP) is 5.20. The lowest BCUT2D eigenvalue weighted by atomic mass is 9.88. The Hall–Kier alpha value is -7.96. The molecule has 3 fully saturated rings. The third-order valence-electron chi connectivity index (χ3n) is 12.3. The zero-order chi connectivity index (χ0) is 54.0. The molecular formula is C51H52N6O17S. The number of aliphatic carboxylic acids is 1. The summed E-state index contributed by atoms with van der Waals surface area (Å²) >= 11 is 0.855. The molecule has 24 heteroatoms. The molecule has 0 saturated carbocycles. The quantitative estimate of drug-likeness (QED) is 0.0540. The van der Waals surface area contributed by atoms with Crippen molar-refractivity contribution in [1.29, 1.82) is 0 Å². The Morgan fingerprint density at radius 1 is 0.800 bits per heavy atom. The summed E-state index contributed by atoms with van der Waals surface area (Å²) in [5, 5.41) is 20.9. The van der Waals surface area contributed by atoms with Gasteiger partial charge >= 0.3 is 35.5 Å². The molecule has 5 aliphatic heterocycles. The fourth-order valence-corrected chi connectivity index (χ4v) is 9.94. The molecule has 3 saturated heterocycles. The Morgan fingerprint density at radius 2 is 1.36 bits per heavy atom. The van der Waals surface area contributed by atoms with Crippen molar-refractivity contribution in [3.05, 3.63) is 106 Å². The van der Waals surface area contributed by atoms with E-state index in [-0.39, 0.29) is 46.3 Å². The molecule has 75 heavy (non-hydrogen) atoms. The minimum atomic E-state index is -2.78. The summed E-state index contributed by atoms with van der Waals surface area (Å²) in [6.45, 7) is 12.1. The van der Waals surface area contributed by atoms with Crippen LogP contribution in [0.5, 0.6) is 11.5 Å². The predicted molar refractivity (Wildman–Crippen MR) is 259 cm³/mol. The second-order valence-corrected chi connectivity index (χ2v) is 21.3. The van der Waals surface area contributed by atoms with E-state index in [1.165, 1.54) is 38.3 Å². The van der Waals surface area contributed by atoms with E-state index in [0.717, 1.165) is 11.3 Å². The van der Waals surface area contributed by atoms with Crippen molar-refractivity contribution in [2.45, 2.75) is 127 Å². The Bertz CT molecular complexity index is 2950. The Morgan fingerprint density at radius 3 is 1.89 bits per heavy atom. The van der Waals surface area contributed by atoms with Gasteiger partial charge in [-0.05, 0) is 67.5 Å². The number of rotatable bonds is 12. The fraction of sp³-hybridized carbons (Fsp3) is 0.412. The van der Waals surface area contributed by atoms with E-state index in [2.05, 4.69) is 20.8 Å². The largest absolute Gasteiger partial charge is 0.478 e. The number of thiazole rings is 1. The zero-order valence-electron chi connectivity index (χ0n) is 41.8. The standard InChI is InChI=1S/C51H52N6O17S/c1-26-21-49(43(63)64,22-27(2)68-26)74-55-37(33-25-75-45(53-33)54-46(66)73-48(6,7)8)38(58)52-32-24-67-57(41(32)61)50(44(65)72-47(3,4)5)23-34(42(62)71-50)56-39(59)30-19-35-36(20-31(30)40(56)60)70-51(69-35,28-15-11-9-12-16-28)29-17-13-10-14-18-29/h9-20,25-27,32,34H,21-24H2,1-8H3,(H,52,58)(H,63,64)(H,53,54,66)/b55-37-/t26-,27-,32+,34+,50?/m1/s1. The number of amides is 5. The lowest BCUT2D eigenvalue weighted by Crippen LogP contribution is -2.59. The Labute approximate surface area is 432 Å². The van der Waals surface area contributed by atoms with Crippen LogP contribution in [0.2, 0.25) is 0 Å². The molecule has 0 aliphatic carbocycles. The molecule has 0 bridgehead atoms. The number of oxime groups is 1. The summed E-state index contributed by atoms with van der Waals surface area (Å²) < 4.78 is 35.4. The topological polar surface area (TPSA) is 286 Å². The van der Waals surface area contributed by atoms with Gasteiger partial charge in [-0.2, -0.15) is 5.06 Å². The number of hydrogen-bond acceptors (Lipinski definition) is 19. The lowest BCUT2D eigenvalue weighted by Gasteiger charge is -2.37. The van der Waals surface area contributed by atoms with Gasteiger partial charge in [0.2, 0.25) is 5.60 Å². The monoisotopic (exact) mass is 1050 g/mol. The van der Waals surface area contributed by atoms with Crippen molar-refractivity contribution in [3.63, 3.8) is 0 Å². The maximum absolute atomic E-state index is 14.5. The first-order chi connectivity index (χ1) is 35.3. The van der Waals surface area contributed by atoms with Gasteiger partial charge in [0.15, 0.2) is 22.3 Å². The van der Waals surface area contributed by atoms with E-state index in [1.54, 1.807) is 83.1 Å². The van der Waals surface area contributed by atoms with Crippen LogP contribution in [0.15, 0.2) is 83.3 Å². The number of fused-ring (bicyclic) bond motifs is 2. The van der Waals surface area contributed by atoms with E-state index in [9.17, 15) is 43.5 Å². The van der Waals surface area contributed by atoms with Crippen molar-refractivity contribution in [2.75, 3.05) is 11.9 Å². The molecule has 5 amide bonds. The number of nitrogens with one attached hydrogen (secondary N) is 2. The third-order valence-corrected chi connectivity index (χ3v) is 13.1. The molecule has 1 aromatic heterocycles. The number of nitrogens with zero attached hydrogens (tertiary/aromatic N) is 4. The minimum absolute atomic E-state index is 0.0543. The van der Waals surface area contributed by atoms with Gasteiger partial charge < -0.3 is 43.7 Å². The average molecular weight is 1050 g/mol. The Kier molecular flexibility index (Phi) is 13.2. The highest BCUT2D eigenvalue weighted by molar-refractivity contribution is 7.14. The summed E-state index contributed by atoms with van der Waals surface area (Å²) in [6.07, 6.45) is -3.26. The second-order valence-electron chi connectivity index (χ2n) is 20.4. The van der Waals surface area contributed by atoms with Gasteiger partial charge in [-0.15, -0.1) is 11.3 Å². The minimum Gasteiger partial charge on any atom is -0.478 e. The van der Waals surface area contributed by atoms with Crippen molar-refractivity contribution in [1.82, 2.24) is 20.3 Å². The maximum atomic E-state index is 14.5. The number of ether oxygens (including phenoxy) is 6. The first-order valence-electron chi connectivity index (χ1n) is 23.7. The number of hydroxylamine groups is 2. The van der Waals surface area contributed by atoms with Gasteiger partial charge in [0.25, 0.3) is 23.6 Å². The number of carbonyl (C=O) groups excluding carboxylic acids is 7. The summed E-state index contributed by atoms with van der Waals surface area (Å²) in [6, 6.07) is 17.3. The van der Waals surface area contributed by atoms with E-state index in [1.807, 2.05) is 12.1 Å². The molecule has 3 aromatic carbocycles. The first kappa shape index (κ1) is 51.9. The first-order valence-corrected chi connectivity index (χ1v) is 24.6. The molecular weight excluding hydrogens is 1000 g/mol. The highest BCUT2D eigenvalue weighted by atomic mass is 32.1. The number of esters is 2. The number of carboxylic acids is 1. The number of carboxylic acid groups (broad SMARTS) is 1. The van der Waals surface area contributed by atoms with Crippen LogP contribution in [0, 0.1) is 0 Å². The fourth-order valence-electron chi connectivity index (χ4n) is 9.26. The number of imide groups is 1. The summed E-state index contributed by atoms with van der Waals surface area (Å²) in [5.74, 6) is -9.47. The van der Waals surface area contributed by atoms with Crippen molar-refractivity contribution in [3.8, 4) is 11.5 Å². The highest BCUT2D eigenvalue weighted by Crippen LogP contribution is 2.50. The van der Waals surface area contributed by atoms with E-state index in [4.69, 9.17) is 38.1 Å².